The van der Waals surface area contributed by atoms with Gasteiger partial charge in [0.05, 0.1) is 11.7 Å². The van der Waals surface area contributed by atoms with E-state index in [0.717, 1.165) is 17.8 Å². The highest BCUT2D eigenvalue weighted by atomic mass is 35.5. The van der Waals surface area contributed by atoms with Crippen molar-refractivity contribution in [2.45, 2.75) is 12.5 Å². The summed E-state index contributed by atoms with van der Waals surface area (Å²) in [6, 6.07) is 13.7. The first-order valence-corrected chi connectivity index (χ1v) is 7.78. The minimum Gasteiger partial charge on any atom is -0.491 e. The summed E-state index contributed by atoms with van der Waals surface area (Å²) in [4.78, 5) is 15.5. The minimum atomic E-state index is -1.20. The third-order valence-electron chi connectivity index (χ3n) is 3.80. The molecule has 2 aromatic carbocycles. The van der Waals surface area contributed by atoms with Gasteiger partial charge >= 0.3 is 5.97 Å². The van der Waals surface area contributed by atoms with Crippen LogP contribution in [0.5, 0.6) is 5.75 Å². The highest BCUT2D eigenvalue weighted by Gasteiger charge is 2.18. The Balaban J connectivity index is 0.00000182. The van der Waals surface area contributed by atoms with E-state index in [2.05, 4.69) is 4.98 Å². The van der Waals surface area contributed by atoms with E-state index < -0.39 is 11.8 Å². The standard InChI is InChI=1S/C19H17FN2O3.2ClH/c20-13-9-15-16(22-10-13)6-7-17(18(15)19(23)24)25-11-14(21)8-12-4-2-1-3-5-12;;/h1-7,9-10,14H,8,11,21H2,(H,23,24);2*1H. The molecule has 3 N–H and O–H groups in total. The molecule has 0 amide bonds. The van der Waals surface area contributed by atoms with Crippen molar-refractivity contribution in [3.05, 3.63) is 71.7 Å². The van der Waals surface area contributed by atoms with E-state index in [1.807, 2.05) is 30.3 Å². The van der Waals surface area contributed by atoms with Crippen LogP contribution in [-0.4, -0.2) is 28.7 Å². The first-order valence-electron chi connectivity index (χ1n) is 7.78. The van der Waals surface area contributed by atoms with Crippen LogP contribution < -0.4 is 10.5 Å². The average molecular weight is 413 g/mol. The predicted octanol–water partition coefficient (Wildman–Crippen LogP) is 3.86. The van der Waals surface area contributed by atoms with Crippen molar-refractivity contribution in [1.82, 2.24) is 4.98 Å². The van der Waals surface area contributed by atoms with Gasteiger partial charge in [-0.15, -0.1) is 24.8 Å². The van der Waals surface area contributed by atoms with E-state index in [0.29, 0.717) is 11.9 Å². The number of aromatic nitrogens is 1. The maximum absolute atomic E-state index is 13.5. The maximum Gasteiger partial charge on any atom is 0.340 e. The molecule has 1 unspecified atom stereocenters. The number of pyridine rings is 1. The molecule has 1 atom stereocenters. The van der Waals surface area contributed by atoms with E-state index in [9.17, 15) is 14.3 Å². The highest BCUT2D eigenvalue weighted by Crippen LogP contribution is 2.28. The van der Waals surface area contributed by atoms with Crippen molar-refractivity contribution >= 4 is 41.7 Å². The Morgan fingerprint density at radius 3 is 2.56 bits per heavy atom. The van der Waals surface area contributed by atoms with Crippen molar-refractivity contribution in [2.75, 3.05) is 6.61 Å². The number of benzene rings is 2. The number of halogens is 3. The summed E-state index contributed by atoms with van der Waals surface area (Å²) in [5, 5.41) is 9.69. The van der Waals surface area contributed by atoms with E-state index in [4.69, 9.17) is 10.5 Å². The fourth-order valence-corrected chi connectivity index (χ4v) is 2.67. The van der Waals surface area contributed by atoms with Crippen molar-refractivity contribution in [1.29, 1.82) is 0 Å². The van der Waals surface area contributed by atoms with Gasteiger partial charge in [0.15, 0.2) is 0 Å². The third kappa shape index (κ3) is 5.53. The molecule has 5 nitrogen and oxygen atoms in total. The van der Waals surface area contributed by atoms with Crippen molar-refractivity contribution in [2.24, 2.45) is 5.73 Å². The van der Waals surface area contributed by atoms with Crippen molar-refractivity contribution in [3.63, 3.8) is 0 Å². The highest BCUT2D eigenvalue weighted by molar-refractivity contribution is 6.05. The Hall–Kier alpha value is -2.41. The smallest absolute Gasteiger partial charge is 0.340 e. The number of ether oxygens (including phenoxy) is 1. The molecule has 0 fully saturated rings. The number of carboxylic acid groups (broad SMARTS) is 1. The van der Waals surface area contributed by atoms with Crippen molar-refractivity contribution < 1.29 is 19.0 Å². The molecular weight excluding hydrogens is 394 g/mol. The molecule has 0 aliphatic rings. The molecule has 3 aromatic rings. The zero-order chi connectivity index (χ0) is 17.8. The Kier molecular flexibility index (Phi) is 8.43. The number of rotatable bonds is 6. The van der Waals surface area contributed by atoms with Crippen LogP contribution in [0.15, 0.2) is 54.7 Å². The SMILES string of the molecule is Cl.Cl.NC(COc1ccc2ncc(F)cc2c1C(=O)O)Cc1ccccc1. The van der Waals surface area contributed by atoms with Gasteiger partial charge < -0.3 is 15.6 Å². The lowest BCUT2D eigenvalue weighted by Gasteiger charge is -2.15. The first kappa shape index (κ1) is 22.6. The minimum absolute atomic E-state index is 0. The van der Waals surface area contributed by atoms with Crippen LogP contribution in [0.25, 0.3) is 10.9 Å². The number of nitrogens with zero attached hydrogens (tertiary/aromatic N) is 1. The fourth-order valence-electron chi connectivity index (χ4n) is 2.67. The Labute approximate surface area is 168 Å². The Morgan fingerprint density at radius 1 is 1.19 bits per heavy atom. The lowest BCUT2D eigenvalue weighted by molar-refractivity contribution is 0.0694. The second-order valence-electron chi connectivity index (χ2n) is 5.72. The molecule has 3 rings (SSSR count). The van der Waals surface area contributed by atoms with Gasteiger partial charge in [-0.05, 0) is 30.2 Å². The van der Waals surface area contributed by atoms with Crippen LogP contribution >= 0.6 is 24.8 Å². The summed E-state index contributed by atoms with van der Waals surface area (Å²) >= 11 is 0. The Bertz CT molecular complexity index is 910. The summed E-state index contributed by atoms with van der Waals surface area (Å²) in [6.07, 6.45) is 1.65. The van der Waals surface area contributed by atoms with E-state index in [-0.39, 0.29) is 54.2 Å². The van der Waals surface area contributed by atoms with E-state index >= 15 is 0 Å². The van der Waals surface area contributed by atoms with Gasteiger partial charge in [0, 0.05) is 11.4 Å². The monoisotopic (exact) mass is 412 g/mol. The van der Waals surface area contributed by atoms with Crippen LogP contribution in [-0.2, 0) is 6.42 Å². The molecule has 27 heavy (non-hydrogen) atoms. The molecule has 8 heteroatoms. The molecule has 0 saturated carbocycles. The lowest BCUT2D eigenvalue weighted by Crippen LogP contribution is -2.30. The summed E-state index contributed by atoms with van der Waals surface area (Å²) in [5.41, 5.74) is 7.42. The molecule has 1 aromatic heterocycles. The van der Waals surface area contributed by atoms with Crippen LogP contribution in [0, 0.1) is 5.82 Å². The maximum atomic E-state index is 13.5. The average Bonchev–Trinajstić information content (AvgIpc) is 2.59. The van der Waals surface area contributed by atoms with Crippen LogP contribution in [0.2, 0.25) is 0 Å². The molecule has 0 radical (unpaired) electrons. The molecular formula is C19H19Cl2FN2O3. The third-order valence-corrected chi connectivity index (χ3v) is 3.80. The molecule has 1 heterocycles. The van der Waals surface area contributed by atoms with Crippen LogP contribution in [0.4, 0.5) is 4.39 Å². The van der Waals surface area contributed by atoms with E-state index in [1.54, 1.807) is 6.07 Å². The van der Waals surface area contributed by atoms with Gasteiger partial charge in [0.1, 0.15) is 23.7 Å². The lowest BCUT2D eigenvalue weighted by atomic mass is 10.1. The number of fused-ring (bicyclic) bond motifs is 1. The number of carboxylic acids is 1. The number of hydrogen-bond donors (Lipinski definition) is 2. The van der Waals surface area contributed by atoms with Gasteiger partial charge in [0.2, 0.25) is 0 Å². The van der Waals surface area contributed by atoms with Gasteiger partial charge in [-0.25, -0.2) is 9.18 Å². The molecule has 144 valence electrons. The summed E-state index contributed by atoms with van der Waals surface area (Å²) in [6.45, 7) is 0.142. The van der Waals surface area contributed by atoms with Gasteiger partial charge in [0.25, 0.3) is 0 Å². The molecule has 0 saturated heterocycles. The molecule has 0 spiro atoms. The molecule has 0 bridgehead atoms. The molecule has 0 aliphatic heterocycles. The summed E-state index contributed by atoms with van der Waals surface area (Å²) < 4.78 is 19.1. The zero-order valence-electron chi connectivity index (χ0n) is 14.2. The Morgan fingerprint density at radius 2 is 1.89 bits per heavy atom. The summed E-state index contributed by atoms with van der Waals surface area (Å²) in [7, 11) is 0. The topological polar surface area (TPSA) is 85.4 Å². The summed E-state index contributed by atoms with van der Waals surface area (Å²) in [5.74, 6) is -1.66. The van der Waals surface area contributed by atoms with Gasteiger partial charge in [-0.1, -0.05) is 30.3 Å². The van der Waals surface area contributed by atoms with Crippen LogP contribution in [0.1, 0.15) is 15.9 Å². The van der Waals surface area contributed by atoms with Gasteiger partial charge in [-0.2, -0.15) is 0 Å². The van der Waals surface area contributed by atoms with E-state index in [1.165, 1.54) is 6.07 Å². The number of aromatic carboxylic acids is 1. The largest absolute Gasteiger partial charge is 0.491 e. The molecule has 0 aliphatic carbocycles. The van der Waals surface area contributed by atoms with Crippen LogP contribution in [0.3, 0.4) is 0 Å². The van der Waals surface area contributed by atoms with Crippen molar-refractivity contribution in [3.8, 4) is 5.75 Å². The first-order chi connectivity index (χ1) is 12.0. The number of carbonyl (C=O) groups is 1. The fraction of sp³-hybridized carbons (Fsp3) is 0.158. The number of hydrogen-bond acceptors (Lipinski definition) is 4. The van der Waals surface area contributed by atoms with Gasteiger partial charge in [-0.3, -0.25) is 4.98 Å². The second kappa shape index (κ2) is 10.1. The second-order valence-corrected chi connectivity index (χ2v) is 5.72. The number of nitrogens with two attached hydrogens (primary N) is 1. The predicted molar refractivity (Wildman–Crippen MR) is 107 cm³/mol. The quantitative estimate of drug-likeness (QED) is 0.641. The zero-order valence-corrected chi connectivity index (χ0v) is 15.8. The normalized spacial score (nSPS) is 11.2.